The second-order valence-electron chi connectivity index (χ2n) is 8.88. The van der Waals surface area contributed by atoms with Gasteiger partial charge >= 0.3 is 0 Å². The van der Waals surface area contributed by atoms with Crippen molar-refractivity contribution in [2.24, 2.45) is 10.9 Å². The zero-order valence-corrected chi connectivity index (χ0v) is 20.0. The number of aliphatic hydroxyl groups excluding tert-OH is 1. The van der Waals surface area contributed by atoms with Crippen LogP contribution in [0.25, 0.3) is 0 Å². The molecule has 6 nitrogen and oxygen atoms in total. The highest BCUT2D eigenvalue weighted by Crippen LogP contribution is 2.37. The molecular weight excluding hydrogens is 418 g/mol. The summed E-state index contributed by atoms with van der Waals surface area (Å²) < 4.78 is 0. The molecule has 2 aliphatic rings. The van der Waals surface area contributed by atoms with Gasteiger partial charge in [0.15, 0.2) is 0 Å². The van der Waals surface area contributed by atoms with Crippen LogP contribution in [-0.4, -0.2) is 39.3 Å². The Hall–Kier alpha value is -2.12. The largest absolute Gasteiger partial charge is 0.396 e. The number of nitrogens with one attached hydrogen (secondary N) is 2. The van der Waals surface area contributed by atoms with Crippen molar-refractivity contribution >= 4 is 34.3 Å². The van der Waals surface area contributed by atoms with Crippen LogP contribution in [0.15, 0.2) is 29.3 Å². The molecule has 2 unspecified atom stereocenters. The number of benzene rings is 1. The van der Waals surface area contributed by atoms with E-state index < -0.39 is 0 Å². The fourth-order valence-corrected chi connectivity index (χ4v) is 5.58. The molecule has 2 atom stereocenters. The summed E-state index contributed by atoms with van der Waals surface area (Å²) in [6, 6.07) is 8.65. The van der Waals surface area contributed by atoms with Gasteiger partial charge in [-0.25, -0.2) is 9.98 Å². The first-order chi connectivity index (χ1) is 15.7. The van der Waals surface area contributed by atoms with E-state index in [1.807, 2.05) is 6.07 Å². The standard InChI is InChI=1S/C25H35N5OS/c1-3-4-5-8-13-26-25-27-17(2)22(23(30-25)28-20-12-11-18(14-20)15-31)24-29-21-10-7-6-9-19(21)16-32-24/h6-7,9-10,18,20,31H,3-5,8,11-16H2,1-2H3,(H2,26,27,28,30). The van der Waals surface area contributed by atoms with E-state index in [4.69, 9.17) is 15.0 Å². The number of anilines is 2. The van der Waals surface area contributed by atoms with Gasteiger partial charge in [0, 0.05) is 24.9 Å². The molecule has 0 saturated heterocycles. The average Bonchev–Trinajstić information content (AvgIpc) is 3.26. The van der Waals surface area contributed by atoms with Gasteiger partial charge in [0.05, 0.1) is 16.9 Å². The molecule has 1 aromatic carbocycles. The van der Waals surface area contributed by atoms with E-state index in [9.17, 15) is 5.11 Å². The van der Waals surface area contributed by atoms with E-state index in [-0.39, 0.29) is 6.61 Å². The van der Waals surface area contributed by atoms with Crippen LogP contribution in [0.1, 0.15) is 68.7 Å². The van der Waals surface area contributed by atoms with Gasteiger partial charge < -0.3 is 15.7 Å². The van der Waals surface area contributed by atoms with E-state index in [0.717, 1.165) is 65.8 Å². The highest BCUT2D eigenvalue weighted by Gasteiger charge is 2.27. The Morgan fingerprint density at radius 3 is 2.81 bits per heavy atom. The third kappa shape index (κ3) is 5.62. The zero-order chi connectivity index (χ0) is 22.3. The molecule has 32 heavy (non-hydrogen) atoms. The van der Waals surface area contributed by atoms with Gasteiger partial charge in [0.1, 0.15) is 10.9 Å². The van der Waals surface area contributed by atoms with Gasteiger partial charge in [-0.3, -0.25) is 0 Å². The van der Waals surface area contributed by atoms with E-state index in [1.54, 1.807) is 11.8 Å². The zero-order valence-electron chi connectivity index (χ0n) is 19.2. The Morgan fingerprint density at radius 2 is 2.00 bits per heavy atom. The number of aryl methyl sites for hydroxylation is 1. The van der Waals surface area contributed by atoms with E-state index >= 15 is 0 Å². The Bertz CT molecular complexity index is 948. The maximum Gasteiger partial charge on any atom is 0.224 e. The predicted molar refractivity (Wildman–Crippen MR) is 135 cm³/mol. The summed E-state index contributed by atoms with van der Waals surface area (Å²) in [4.78, 5) is 14.7. The lowest BCUT2D eigenvalue weighted by atomic mass is 10.1. The van der Waals surface area contributed by atoms with Crippen LogP contribution in [-0.2, 0) is 5.75 Å². The number of unbranched alkanes of at least 4 members (excludes halogenated alkanes) is 3. The molecule has 4 rings (SSSR count). The second-order valence-corrected chi connectivity index (χ2v) is 9.84. The number of nitrogens with zero attached hydrogens (tertiary/aromatic N) is 3. The summed E-state index contributed by atoms with van der Waals surface area (Å²) >= 11 is 1.75. The molecule has 1 saturated carbocycles. The number of fused-ring (bicyclic) bond motifs is 1. The van der Waals surface area contributed by atoms with Crippen LogP contribution < -0.4 is 10.6 Å². The Kier molecular flexibility index (Phi) is 8.03. The molecule has 0 bridgehead atoms. The molecule has 1 fully saturated rings. The number of aliphatic hydroxyl groups is 1. The monoisotopic (exact) mass is 453 g/mol. The molecule has 3 N–H and O–H groups in total. The van der Waals surface area contributed by atoms with Crippen molar-refractivity contribution in [3.63, 3.8) is 0 Å². The minimum Gasteiger partial charge on any atom is -0.396 e. The number of thioether (sulfide) groups is 1. The quantitative estimate of drug-likeness (QED) is 0.402. The minimum absolute atomic E-state index is 0.262. The van der Waals surface area contributed by atoms with Crippen molar-refractivity contribution in [3.8, 4) is 0 Å². The van der Waals surface area contributed by atoms with E-state index in [2.05, 4.69) is 42.7 Å². The summed E-state index contributed by atoms with van der Waals surface area (Å²) in [6.07, 6.45) is 7.93. The van der Waals surface area contributed by atoms with Crippen molar-refractivity contribution in [3.05, 3.63) is 41.1 Å². The SMILES string of the molecule is CCCCCCNc1nc(C)c(C2=Nc3ccccc3CS2)c(NC2CCC(CO)C2)n1. The van der Waals surface area contributed by atoms with Crippen LogP contribution in [0.2, 0.25) is 0 Å². The Morgan fingerprint density at radius 1 is 1.12 bits per heavy atom. The fraction of sp³-hybridized carbons (Fsp3) is 0.560. The van der Waals surface area contributed by atoms with Crippen LogP contribution in [0.3, 0.4) is 0 Å². The minimum atomic E-state index is 0.262. The number of para-hydroxylation sites is 1. The lowest BCUT2D eigenvalue weighted by Gasteiger charge is -2.22. The van der Waals surface area contributed by atoms with Gasteiger partial charge in [0.2, 0.25) is 5.95 Å². The van der Waals surface area contributed by atoms with Gasteiger partial charge in [-0.2, -0.15) is 4.98 Å². The molecule has 1 aromatic heterocycles. The summed E-state index contributed by atoms with van der Waals surface area (Å²) in [5.74, 6) is 2.83. The molecule has 0 radical (unpaired) electrons. The molecule has 172 valence electrons. The first kappa shape index (κ1) is 23.1. The second kappa shape index (κ2) is 11.1. The molecule has 1 aliphatic carbocycles. The van der Waals surface area contributed by atoms with Crippen LogP contribution in [0.5, 0.6) is 0 Å². The van der Waals surface area contributed by atoms with Crippen molar-refractivity contribution in [2.45, 2.75) is 70.6 Å². The van der Waals surface area contributed by atoms with E-state index in [0.29, 0.717) is 17.9 Å². The summed E-state index contributed by atoms with van der Waals surface area (Å²) in [6.45, 7) is 5.43. The smallest absolute Gasteiger partial charge is 0.224 e. The van der Waals surface area contributed by atoms with E-state index in [1.165, 1.54) is 24.8 Å². The number of hydrogen-bond donors (Lipinski definition) is 3. The molecule has 2 heterocycles. The molecule has 0 amide bonds. The Labute approximate surface area is 195 Å². The average molecular weight is 454 g/mol. The Balaban J connectivity index is 1.60. The first-order valence-corrected chi connectivity index (χ1v) is 13.0. The van der Waals surface area contributed by atoms with Crippen LogP contribution in [0, 0.1) is 12.8 Å². The van der Waals surface area contributed by atoms with Crippen molar-refractivity contribution < 1.29 is 5.11 Å². The molecule has 7 heteroatoms. The molecular formula is C25H35N5OS. The molecule has 1 aliphatic heterocycles. The van der Waals surface area contributed by atoms with Gasteiger partial charge in [-0.1, -0.05) is 44.4 Å². The summed E-state index contributed by atoms with van der Waals surface area (Å²) in [7, 11) is 0. The normalized spacial score (nSPS) is 20.0. The van der Waals surface area contributed by atoms with Gasteiger partial charge in [-0.15, -0.1) is 11.8 Å². The van der Waals surface area contributed by atoms with Gasteiger partial charge in [-0.05, 0) is 50.2 Å². The number of aromatic nitrogens is 2. The van der Waals surface area contributed by atoms with Crippen LogP contribution >= 0.6 is 11.8 Å². The van der Waals surface area contributed by atoms with Crippen molar-refractivity contribution in [1.29, 1.82) is 0 Å². The maximum absolute atomic E-state index is 9.56. The van der Waals surface area contributed by atoms with Gasteiger partial charge in [0.25, 0.3) is 0 Å². The highest BCUT2D eigenvalue weighted by molar-refractivity contribution is 8.13. The van der Waals surface area contributed by atoms with Crippen molar-refractivity contribution in [1.82, 2.24) is 9.97 Å². The lowest BCUT2D eigenvalue weighted by molar-refractivity contribution is 0.229. The number of rotatable bonds is 10. The third-order valence-corrected chi connectivity index (χ3v) is 7.36. The van der Waals surface area contributed by atoms with Crippen molar-refractivity contribution in [2.75, 3.05) is 23.8 Å². The summed E-state index contributed by atoms with van der Waals surface area (Å²) in [5.41, 5.74) is 4.25. The maximum atomic E-state index is 9.56. The fourth-order valence-electron chi connectivity index (χ4n) is 4.49. The summed E-state index contributed by atoms with van der Waals surface area (Å²) in [5, 5.41) is 17.7. The lowest BCUT2D eigenvalue weighted by Crippen LogP contribution is -2.21. The number of aliphatic imine (C=N–C) groups is 1. The topological polar surface area (TPSA) is 82.4 Å². The van der Waals surface area contributed by atoms with Crippen LogP contribution in [0.4, 0.5) is 17.5 Å². The molecule has 2 aromatic rings. The predicted octanol–water partition coefficient (Wildman–Crippen LogP) is 5.68. The number of hydrogen-bond acceptors (Lipinski definition) is 7. The third-order valence-electron chi connectivity index (χ3n) is 6.34. The first-order valence-electron chi connectivity index (χ1n) is 12.0. The molecule has 0 spiro atoms. The highest BCUT2D eigenvalue weighted by atomic mass is 32.2.